The number of hydrogen-bond acceptors (Lipinski definition) is 11. The van der Waals surface area contributed by atoms with Crippen molar-refractivity contribution in [3.63, 3.8) is 0 Å². The minimum atomic E-state index is -1.81. The van der Waals surface area contributed by atoms with Gasteiger partial charge in [-0.2, -0.15) is 12.6 Å². The van der Waals surface area contributed by atoms with Gasteiger partial charge in [-0.15, -0.1) is 0 Å². The molecule has 8 N–H and O–H groups in total. The van der Waals surface area contributed by atoms with Gasteiger partial charge in [0.25, 0.3) is 0 Å². The van der Waals surface area contributed by atoms with Crippen molar-refractivity contribution in [2.24, 2.45) is 11.8 Å². The van der Waals surface area contributed by atoms with E-state index < -0.39 is 120 Å². The molecule has 310 valence electrons. The van der Waals surface area contributed by atoms with Crippen LogP contribution in [0.15, 0.2) is 30.3 Å². The molecule has 1 aromatic rings. The van der Waals surface area contributed by atoms with Crippen molar-refractivity contribution >= 4 is 66.0 Å². The van der Waals surface area contributed by atoms with Crippen molar-refractivity contribution in [2.45, 2.75) is 109 Å². The molecule has 1 saturated heterocycles. The van der Waals surface area contributed by atoms with E-state index in [0.29, 0.717) is 6.42 Å². The van der Waals surface area contributed by atoms with Gasteiger partial charge in [0.2, 0.25) is 35.4 Å². The second-order valence-corrected chi connectivity index (χ2v) is 14.2. The number of carbonyl (C=O) groups is 9. The molecule has 0 aliphatic carbocycles. The predicted molar refractivity (Wildman–Crippen MR) is 201 cm³/mol. The summed E-state index contributed by atoms with van der Waals surface area (Å²) in [7, 11) is 0. The van der Waals surface area contributed by atoms with Gasteiger partial charge in [0.05, 0.1) is 25.6 Å². The fourth-order valence-electron chi connectivity index (χ4n) is 5.83. The van der Waals surface area contributed by atoms with Crippen LogP contribution in [-0.2, 0) is 54.5 Å². The Kier molecular flexibility index (Phi) is 18.7. The second-order valence-electron chi connectivity index (χ2n) is 13.9. The summed E-state index contributed by atoms with van der Waals surface area (Å²) < 4.78 is 6.05. The molecule has 1 aromatic carbocycles. The number of hydrogen-bond donors (Lipinski definition) is 9. The van der Waals surface area contributed by atoms with E-state index in [4.69, 9.17) is 4.74 Å². The topological polar surface area (TPSA) is 287 Å². The lowest BCUT2D eigenvalue weighted by molar-refractivity contribution is -0.145. The molecular formula is C36H52N6O13S. The zero-order chi connectivity index (χ0) is 42.3. The lowest BCUT2D eigenvalue weighted by Gasteiger charge is -2.33. The summed E-state index contributed by atoms with van der Waals surface area (Å²) in [6.45, 7) is 7.70. The largest absolute Gasteiger partial charge is 0.481 e. The Hall–Kier alpha value is -5.24. The first-order chi connectivity index (χ1) is 26.3. The molecule has 8 atom stereocenters. The summed E-state index contributed by atoms with van der Waals surface area (Å²) in [5, 5.41) is 40.0. The molecule has 1 heterocycles. The zero-order valence-corrected chi connectivity index (χ0v) is 32.7. The minimum Gasteiger partial charge on any atom is -0.481 e. The van der Waals surface area contributed by atoms with Gasteiger partial charge < -0.3 is 51.5 Å². The number of amides is 6. The van der Waals surface area contributed by atoms with Crippen molar-refractivity contribution in [3.05, 3.63) is 35.9 Å². The van der Waals surface area contributed by atoms with E-state index in [1.54, 1.807) is 27.7 Å². The van der Waals surface area contributed by atoms with Crippen LogP contribution in [-0.4, -0.2) is 128 Å². The van der Waals surface area contributed by atoms with Crippen LogP contribution in [0.2, 0.25) is 0 Å². The van der Waals surface area contributed by atoms with Crippen LogP contribution in [0.25, 0.3) is 0 Å². The third kappa shape index (κ3) is 14.4. The molecule has 20 heteroatoms. The quantitative estimate of drug-likeness (QED) is 0.0655. The number of carboxylic acids is 3. The highest BCUT2D eigenvalue weighted by molar-refractivity contribution is 7.80. The van der Waals surface area contributed by atoms with Crippen LogP contribution in [0.4, 0.5) is 0 Å². The Labute approximate surface area is 329 Å². The zero-order valence-electron chi connectivity index (χ0n) is 31.9. The molecule has 1 aliphatic rings. The van der Waals surface area contributed by atoms with Crippen LogP contribution >= 0.6 is 12.6 Å². The predicted octanol–water partition coefficient (Wildman–Crippen LogP) is -0.717. The van der Waals surface area contributed by atoms with E-state index in [9.17, 15) is 58.5 Å². The van der Waals surface area contributed by atoms with Crippen molar-refractivity contribution in [2.75, 3.05) is 12.3 Å². The highest BCUT2D eigenvalue weighted by atomic mass is 32.1. The molecule has 0 bridgehead atoms. The van der Waals surface area contributed by atoms with Gasteiger partial charge in [0.1, 0.15) is 36.3 Å². The van der Waals surface area contributed by atoms with Crippen molar-refractivity contribution in [3.8, 4) is 0 Å². The third-order valence-corrected chi connectivity index (χ3v) is 9.45. The van der Waals surface area contributed by atoms with Gasteiger partial charge >= 0.3 is 17.9 Å². The maximum Gasteiger partial charge on any atom is 0.327 e. The number of rotatable bonds is 22. The van der Waals surface area contributed by atoms with Crippen molar-refractivity contribution in [1.82, 2.24) is 31.5 Å². The number of nitrogens with one attached hydrogen (secondary N) is 5. The molecule has 0 radical (unpaired) electrons. The van der Waals surface area contributed by atoms with Gasteiger partial charge in [-0.05, 0) is 17.4 Å². The molecular weight excluding hydrogens is 756 g/mol. The molecule has 8 unspecified atom stereocenters. The molecule has 56 heavy (non-hydrogen) atoms. The van der Waals surface area contributed by atoms with E-state index >= 15 is 0 Å². The van der Waals surface area contributed by atoms with Crippen LogP contribution < -0.4 is 26.6 Å². The Morgan fingerprint density at radius 1 is 0.786 bits per heavy atom. The second kappa shape index (κ2) is 22.3. The van der Waals surface area contributed by atoms with Crippen molar-refractivity contribution < 1.29 is 63.2 Å². The maximum absolute atomic E-state index is 14.3. The lowest BCUT2D eigenvalue weighted by atomic mass is 9.95. The summed E-state index contributed by atoms with van der Waals surface area (Å²) in [6, 6.07) is 0.496. The molecule has 19 nitrogen and oxygen atoms in total. The number of ether oxygens (including phenoxy) is 1. The highest BCUT2D eigenvalue weighted by Gasteiger charge is 2.44. The summed E-state index contributed by atoms with van der Waals surface area (Å²) >= 11 is 4.00. The van der Waals surface area contributed by atoms with Crippen LogP contribution in [0.5, 0.6) is 0 Å². The summed E-state index contributed by atoms with van der Waals surface area (Å²) in [6.07, 6.45) is -2.17. The summed E-state index contributed by atoms with van der Waals surface area (Å²) in [4.78, 5) is 116. The Morgan fingerprint density at radius 3 is 1.84 bits per heavy atom. The van der Waals surface area contributed by atoms with Gasteiger partial charge in [0, 0.05) is 25.6 Å². The first-order valence-electron chi connectivity index (χ1n) is 18.0. The number of carboxylic acid groups (broad SMARTS) is 3. The number of likely N-dealkylation sites (tertiary alicyclic amines) is 1. The smallest absolute Gasteiger partial charge is 0.327 e. The van der Waals surface area contributed by atoms with E-state index in [0.717, 1.165) is 12.5 Å². The van der Waals surface area contributed by atoms with Crippen LogP contribution in [0.1, 0.15) is 65.9 Å². The molecule has 1 aliphatic heterocycles. The van der Waals surface area contributed by atoms with Gasteiger partial charge in [-0.1, -0.05) is 64.4 Å². The first kappa shape index (κ1) is 46.9. The number of aliphatic carboxylic acids is 3. The number of nitrogens with zero attached hydrogens (tertiary/aromatic N) is 1. The first-order valence-corrected chi connectivity index (χ1v) is 18.6. The summed E-state index contributed by atoms with van der Waals surface area (Å²) in [5.41, 5.74) is 0.836. The fraction of sp³-hybridized carbons (Fsp3) is 0.583. The highest BCUT2D eigenvalue weighted by Crippen LogP contribution is 2.25. The van der Waals surface area contributed by atoms with Gasteiger partial charge in [-0.25, -0.2) is 4.79 Å². The molecule has 0 aromatic heterocycles. The number of benzene rings is 1. The van der Waals surface area contributed by atoms with Gasteiger partial charge in [0.15, 0.2) is 0 Å². The SMILES string of the molecule is CCC(C)C(NC(=O)C(CC(=O)O)NC(=O)C(CC(=O)O)NC(C)=O)C(=O)NC(C(=O)N1CC(OCc2ccccc2)CC1C(=O)NC(CS)C(=O)O)C(C)C. The van der Waals surface area contributed by atoms with Crippen LogP contribution in [0, 0.1) is 11.8 Å². The lowest BCUT2D eigenvalue weighted by Crippen LogP contribution is -2.61. The molecule has 0 saturated carbocycles. The third-order valence-electron chi connectivity index (χ3n) is 9.08. The number of thiol groups is 1. The molecule has 0 spiro atoms. The monoisotopic (exact) mass is 808 g/mol. The normalized spacial score (nSPS) is 18.3. The number of carbonyl (C=O) groups excluding carboxylic acids is 6. The average Bonchev–Trinajstić information content (AvgIpc) is 3.56. The molecule has 2 rings (SSSR count). The Balaban J connectivity index is 2.37. The Morgan fingerprint density at radius 2 is 1.34 bits per heavy atom. The van der Waals surface area contributed by atoms with E-state index in [2.05, 4.69) is 39.2 Å². The molecule has 1 fully saturated rings. The van der Waals surface area contributed by atoms with E-state index in [-0.39, 0.29) is 25.3 Å². The fourth-order valence-corrected chi connectivity index (χ4v) is 6.08. The molecule has 6 amide bonds. The maximum atomic E-state index is 14.3. The van der Waals surface area contributed by atoms with Crippen molar-refractivity contribution in [1.29, 1.82) is 0 Å². The van der Waals surface area contributed by atoms with E-state index in [1.165, 1.54) is 4.90 Å². The Bertz CT molecular complexity index is 1580. The minimum absolute atomic E-state index is 0.0135. The average molecular weight is 809 g/mol. The van der Waals surface area contributed by atoms with Crippen LogP contribution in [0.3, 0.4) is 0 Å². The van der Waals surface area contributed by atoms with E-state index in [1.807, 2.05) is 30.3 Å². The summed E-state index contributed by atoms with van der Waals surface area (Å²) in [5.74, 6) is -11.1. The standard InChI is InChI=1S/C36H52N6O13S/c1-6-19(4)30(41-32(49)24(14-28(46)47)38-31(48)23(13-27(44)45)37-20(5)43)34(51)40-29(18(2)3)35(52)42-15-22(55-16-21-10-8-7-9-11-21)12-26(42)33(50)39-25(17-56)36(53)54/h7-11,18-19,22-26,29-30,56H,6,12-17H2,1-5H3,(H,37,43)(H,38,48)(H,39,50)(H,40,51)(H,41,49)(H,44,45)(H,46,47)(H,53,54). The van der Waals surface area contributed by atoms with Gasteiger partial charge in [-0.3, -0.25) is 38.4 Å².